The molecule has 0 bridgehead atoms. The third kappa shape index (κ3) is 4.06. The SMILES string of the molecule is Cc1cc(C(=O)N2CCN(c3cccc(C)c3C)CC2)c2c(C)nn(-c3cccc(Cl)c3C)c2n1. The van der Waals surface area contributed by atoms with E-state index in [1.807, 2.05) is 54.6 Å². The average Bonchev–Trinajstić information content (AvgIpc) is 3.17. The molecule has 7 heteroatoms. The lowest BCUT2D eigenvalue weighted by Gasteiger charge is -2.37. The van der Waals surface area contributed by atoms with Crippen molar-refractivity contribution in [1.29, 1.82) is 0 Å². The molecule has 1 amide bonds. The molecule has 1 aliphatic rings. The first-order valence-electron chi connectivity index (χ1n) is 12.0. The normalized spacial score (nSPS) is 14.1. The van der Waals surface area contributed by atoms with Gasteiger partial charge in [-0.2, -0.15) is 5.10 Å². The number of fused-ring (bicyclic) bond motifs is 1. The summed E-state index contributed by atoms with van der Waals surface area (Å²) >= 11 is 6.38. The molecule has 0 spiro atoms. The zero-order chi connectivity index (χ0) is 24.9. The Morgan fingerprint density at radius 1 is 0.886 bits per heavy atom. The number of amides is 1. The van der Waals surface area contributed by atoms with Crippen molar-refractivity contribution in [3.8, 4) is 5.69 Å². The summed E-state index contributed by atoms with van der Waals surface area (Å²) in [7, 11) is 0. The van der Waals surface area contributed by atoms with Crippen LogP contribution in [0.4, 0.5) is 5.69 Å². The first kappa shape index (κ1) is 23.4. The van der Waals surface area contributed by atoms with Gasteiger partial charge in [0, 0.05) is 42.6 Å². The molecule has 180 valence electrons. The molecular weight excluding hydrogens is 458 g/mol. The van der Waals surface area contributed by atoms with Gasteiger partial charge in [0.1, 0.15) is 0 Å². The number of aryl methyl sites for hydroxylation is 3. The predicted octanol–water partition coefficient (Wildman–Crippen LogP) is 5.58. The fourth-order valence-electron chi connectivity index (χ4n) is 4.98. The van der Waals surface area contributed by atoms with Gasteiger partial charge in [0.25, 0.3) is 5.91 Å². The highest BCUT2D eigenvalue weighted by atomic mass is 35.5. The summed E-state index contributed by atoms with van der Waals surface area (Å²) in [5, 5.41) is 6.26. The number of anilines is 1. The van der Waals surface area contributed by atoms with E-state index >= 15 is 0 Å². The summed E-state index contributed by atoms with van der Waals surface area (Å²) < 4.78 is 1.81. The number of hydrogen-bond donors (Lipinski definition) is 0. The van der Waals surface area contributed by atoms with Crippen molar-refractivity contribution in [2.24, 2.45) is 0 Å². The van der Waals surface area contributed by atoms with Crippen LogP contribution in [-0.2, 0) is 0 Å². The topological polar surface area (TPSA) is 54.3 Å². The highest BCUT2D eigenvalue weighted by Gasteiger charge is 2.27. The highest BCUT2D eigenvalue weighted by Crippen LogP contribution is 2.30. The molecule has 4 aromatic rings. The second-order valence-corrected chi connectivity index (χ2v) is 9.80. The first-order chi connectivity index (χ1) is 16.8. The Balaban J connectivity index is 1.48. The molecule has 2 aromatic carbocycles. The maximum Gasteiger partial charge on any atom is 0.254 e. The van der Waals surface area contributed by atoms with Crippen LogP contribution in [-0.4, -0.2) is 51.8 Å². The van der Waals surface area contributed by atoms with Gasteiger partial charge in [0.2, 0.25) is 0 Å². The highest BCUT2D eigenvalue weighted by molar-refractivity contribution is 6.31. The zero-order valence-electron chi connectivity index (χ0n) is 20.9. The summed E-state index contributed by atoms with van der Waals surface area (Å²) in [6.07, 6.45) is 0. The van der Waals surface area contributed by atoms with Crippen molar-refractivity contribution in [3.05, 3.63) is 81.1 Å². The van der Waals surface area contributed by atoms with Crippen molar-refractivity contribution in [1.82, 2.24) is 19.7 Å². The lowest BCUT2D eigenvalue weighted by atomic mass is 10.1. The molecule has 1 saturated heterocycles. The molecule has 0 unspecified atom stereocenters. The Labute approximate surface area is 211 Å². The predicted molar refractivity (Wildman–Crippen MR) is 142 cm³/mol. The Morgan fingerprint density at radius 2 is 1.57 bits per heavy atom. The Bertz CT molecular complexity index is 1450. The smallest absolute Gasteiger partial charge is 0.254 e. The van der Waals surface area contributed by atoms with Crippen LogP contribution < -0.4 is 4.90 Å². The minimum absolute atomic E-state index is 0.0339. The molecule has 0 saturated carbocycles. The second-order valence-electron chi connectivity index (χ2n) is 9.39. The average molecular weight is 488 g/mol. The second kappa shape index (κ2) is 9.00. The van der Waals surface area contributed by atoms with Crippen LogP contribution >= 0.6 is 11.6 Å². The van der Waals surface area contributed by atoms with Crippen LogP contribution in [0.2, 0.25) is 5.02 Å². The standard InChI is InChI=1S/C28H30ClN5O/c1-17-8-6-10-24(19(17)3)32-12-14-33(15-13-32)28(35)22-16-18(2)30-27-26(22)21(5)31-34(27)25-11-7-9-23(29)20(25)4/h6-11,16H,12-15H2,1-5H3. The zero-order valence-corrected chi connectivity index (χ0v) is 21.6. The third-order valence-corrected chi connectivity index (χ3v) is 7.53. The van der Waals surface area contributed by atoms with Crippen LogP contribution in [0.25, 0.3) is 16.7 Å². The van der Waals surface area contributed by atoms with Gasteiger partial charge < -0.3 is 9.80 Å². The number of halogens is 1. The lowest BCUT2D eigenvalue weighted by Crippen LogP contribution is -2.49. The summed E-state index contributed by atoms with van der Waals surface area (Å²) in [6.45, 7) is 13.1. The molecule has 1 fully saturated rings. The monoisotopic (exact) mass is 487 g/mol. The van der Waals surface area contributed by atoms with E-state index in [9.17, 15) is 4.79 Å². The Kier molecular flexibility index (Phi) is 6.01. The van der Waals surface area contributed by atoms with Crippen molar-refractivity contribution in [3.63, 3.8) is 0 Å². The lowest BCUT2D eigenvalue weighted by molar-refractivity contribution is 0.0748. The summed E-state index contributed by atoms with van der Waals surface area (Å²) in [5.74, 6) is 0.0339. The maximum atomic E-state index is 13.8. The summed E-state index contributed by atoms with van der Waals surface area (Å²) in [6, 6.07) is 14.1. The Morgan fingerprint density at radius 3 is 2.31 bits per heavy atom. The van der Waals surface area contributed by atoms with Gasteiger partial charge in [0.05, 0.1) is 22.3 Å². The molecule has 6 nitrogen and oxygen atoms in total. The van der Waals surface area contributed by atoms with Gasteiger partial charge in [-0.25, -0.2) is 9.67 Å². The number of aromatic nitrogens is 3. The van der Waals surface area contributed by atoms with Crippen LogP contribution in [0.1, 0.15) is 38.4 Å². The Hall–Kier alpha value is -3.38. The molecule has 1 aliphatic heterocycles. The van der Waals surface area contributed by atoms with Gasteiger partial charge in [-0.15, -0.1) is 0 Å². The molecule has 0 N–H and O–H groups in total. The number of pyridine rings is 1. The number of rotatable bonds is 3. The van der Waals surface area contributed by atoms with E-state index in [0.717, 1.165) is 41.1 Å². The van der Waals surface area contributed by atoms with E-state index in [1.165, 1.54) is 16.8 Å². The molecule has 0 radical (unpaired) electrons. The number of carbonyl (C=O) groups is 1. The van der Waals surface area contributed by atoms with Gasteiger partial charge >= 0.3 is 0 Å². The van der Waals surface area contributed by atoms with Crippen molar-refractivity contribution >= 4 is 34.2 Å². The van der Waals surface area contributed by atoms with E-state index in [-0.39, 0.29) is 5.91 Å². The van der Waals surface area contributed by atoms with Crippen molar-refractivity contribution in [2.75, 3.05) is 31.1 Å². The fraction of sp³-hybridized carbons (Fsp3) is 0.321. The van der Waals surface area contributed by atoms with Crippen LogP contribution in [0.3, 0.4) is 0 Å². The molecule has 3 heterocycles. The number of benzene rings is 2. The van der Waals surface area contributed by atoms with Crippen molar-refractivity contribution in [2.45, 2.75) is 34.6 Å². The van der Waals surface area contributed by atoms with Crippen LogP contribution in [0.15, 0.2) is 42.5 Å². The largest absolute Gasteiger partial charge is 0.368 e. The van der Waals surface area contributed by atoms with Gasteiger partial charge in [0.15, 0.2) is 5.65 Å². The minimum atomic E-state index is 0.0339. The van der Waals surface area contributed by atoms with E-state index in [1.54, 1.807) is 0 Å². The number of piperazine rings is 1. The van der Waals surface area contributed by atoms with Gasteiger partial charge in [-0.05, 0) is 75.6 Å². The number of hydrogen-bond acceptors (Lipinski definition) is 4. The molecule has 0 atom stereocenters. The van der Waals surface area contributed by atoms with Crippen molar-refractivity contribution < 1.29 is 4.79 Å². The summed E-state index contributed by atoms with van der Waals surface area (Å²) in [5.41, 5.74) is 8.57. The quantitative estimate of drug-likeness (QED) is 0.378. The van der Waals surface area contributed by atoms with E-state index in [4.69, 9.17) is 21.7 Å². The fourth-order valence-corrected chi connectivity index (χ4v) is 5.14. The van der Waals surface area contributed by atoms with E-state index in [2.05, 4.69) is 36.9 Å². The molecule has 0 aliphatic carbocycles. The van der Waals surface area contributed by atoms with E-state index in [0.29, 0.717) is 29.3 Å². The number of nitrogens with zero attached hydrogens (tertiary/aromatic N) is 5. The molecule has 5 rings (SSSR count). The van der Waals surface area contributed by atoms with Crippen LogP contribution in [0.5, 0.6) is 0 Å². The van der Waals surface area contributed by atoms with E-state index < -0.39 is 0 Å². The molecular formula is C28H30ClN5O. The molecule has 35 heavy (non-hydrogen) atoms. The third-order valence-electron chi connectivity index (χ3n) is 7.12. The number of carbonyl (C=O) groups excluding carboxylic acids is 1. The minimum Gasteiger partial charge on any atom is -0.368 e. The first-order valence-corrected chi connectivity index (χ1v) is 12.4. The van der Waals surface area contributed by atoms with Gasteiger partial charge in [-0.1, -0.05) is 29.8 Å². The summed E-state index contributed by atoms with van der Waals surface area (Å²) in [4.78, 5) is 22.9. The maximum absolute atomic E-state index is 13.8. The molecule has 2 aromatic heterocycles. The van der Waals surface area contributed by atoms with Gasteiger partial charge in [-0.3, -0.25) is 4.79 Å². The van der Waals surface area contributed by atoms with Crippen LogP contribution in [0, 0.1) is 34.6 Å².